The van der Waals surface area contributed by atoms with Gasteiger partial charge in [0, 0.05) is 81.7 Å². The van der Waals surface area contributed by atoms with Crippen molar-refractivity contribution in [1.29, 1.82) is 0 Å². The standard InChI is InChI=1S/C23H28N6O/c30-22(8-11-27-13-9-24-17-27)29-12-6-19(15-29)23-20-16-28(10-7-21(20)25-26-23)14-18-4-2-1-3-5-18/h1-5,9,13,17,19H,6-8,10-12,14-16H2,(H,25,26). The maximum Gasteiger partial charge on any atom is 0.224 e. The molecule has 0 bridgehead atoms. The van der Waals surface area contributed by atoms with Crippen molar-refractivity contribution in [3.05, 3.63) is 71.6 Å². The molecule has 3 aromatic rings. The number of fused-ring (bicyclic) bond motifs is 1. The highest BCUT2D eigenvalue weighted by molar-refractivity contribution is 5.76. The van der Waals surface area contributed by atoms with Gasteiger partial charge in [-0.05, 0) is 12.0 Å². The van der Waals surface area contributed by atoms with Gasteiger partial charge in [-0.1, -0.05) is 30.3 Å². The van der Waals surface area contributed by atoms with Crippen LogP contribution in [0.1, 0.15) is 41.3 Å². The smallest absolute Gasteiger partial charge is 0.224 e. The summed E-state index contributed by atoms with van der Waals surface area (Å²) in [5.74, 6) is 0.556. The lowest BCUT2D eigenvalue weighted by molar-refractivity contribution is -0.130. The van der Waals surface area contributed by atoms with E-state index in [1.165, 1.54) is 22.5 Å². The normalized spacial score (nSPS) is 19.2. The van der Waals surface area contributed by atoms with Gasteiger partial charge >= 0.3 is 0 Å². The fourth-order valence-electron chi connectivity index (χ4n) is 4.70. The molecule has 2 aliphatic rings. The third-order valence-corrected chi connectivity index (χ3v) is 6.36. The van der Waals surface area contributed by atoms with E-state index in [1.54, 1.807) is 12.5 Å². The Morgan fingerprint density at radius 2 is 2.10 bits per heavy atom. The number of carbonyl (C=O) groups is 1. The number of imidazole rings is 1. The Hall–Kier alpha value is -2.93. The number of hydrogen-bond donors (Lipinski definition) is 1. The summed E-state index contributed by atoms with van der Waals surface area (Å²) in [5, 5.41) is 7.98. The minimum Gasteiger partial charge on any atom is -0.342 e. The number of nitrogens with one attached hydrogen (secondary N) is 1. The van der Waals surface area contributed by atoms with Gasteiger partial charge in [0.05, 0.1) is 12.0 Å². The lowest BCUT2D eigenvalue weighted by Crippen LogP contribution is -2.31. The Morgan fingerprint density at radius 3 is 2.93 bits per heavy atom. The Bertz CT molecular complexity index is 981. The van der Waals surface area contributed by atoms with Crippen LogP contribution >= 0.6 is 0 Å². The molecule has 5 rings (SSSR count). The summed E-state index contributed by atoms with van der Waals surface area (Å²) in [7, 11) is 0. The zero-order valence-electron chi connectivity index (χ0n) is 17.2. The van der Waals surface area contributed by atoms with Crippen molar-refractivity contribution < 1.29 is 4.79 Å². The highest BCUT2D eigenvalue weighted by Gasteiger charge is 2.32. The number of likely N-dealkylation sites (tertiary alicyclic amines) is 1. The van der Waals surface area contributed by atoms with E-state index in [0.717, 1.165) is 45.6 Å². The first kappa shape index (κ1) is 19.1. The van der Waals surface area contributed by atoms with Crippen LogP contribution < -0.4 is 0 Å². The molecule has 1 atom stereocenters. The first-order chi connectivity index (χ1) is 14.8. The number of H-pyrrole nitrogens is 1. The number of aromatic amines is 1. The summed E-state index contributed by atoms with van der Waals surface area (Å²) in [6, 6.07) is 10.6. The zero-order chi connectivity index (χ0) is 20.3. The highest BCUT2D eigenvalue weighted by atomic mass is 16.2. The SMILES string of the molecule is O=C(CCn1ccnc1)N1CCC(c2n[nH]c3c2CN(Cc2ccccc2)CC3)C1. The van der Waals surface area contributed by atoms with Crippen molar-refractivity contribution in [2.75, 3.05) is 19.6 Å². The zero-order valence-corrected chi connectivity index (χ0v) is 17.2. The molecule has 30 heavy (non-hydrogen) atoms. The van der Waals surface area contributed by atoms with Crippen LogP contribution in [0.3, 0.4) is 0 Å². The first-order valence-corrected chi connectivity index (χ1v) is 10.8. The summed E-state index contributed by atoms with van der Waals surface area (Å²) in [6.07, 6.45) is 7.93. The predicted octanol–water partition coefficient (Wildman–Crippen LogP) is 2.57. The summed E-state index contributed by atoms with van der Waals surface area (Å²) in [4.78, 5) is 21.2. The lowest BCUT2D eigenvalue weighted by Gasteiger charge is -2.27. The molecule has 1 N–H and O–H groups in total. The van der Waals surface area contributed by atoms with Gasteiger partial charge in [-0.3, -0.25) is 14.8 Å². The van der Waals surface area contributed by atoms with Crippen LogP contribution in [0.15, 0.2) is 49.1 Å². The van der Waals surface area contributed by atoms with Crippen molar-refractivity contribution in [1.82, 2.24) is 29.5 Å². The molecular formula is C23H28N6O. The van der Waals surface area contributed by atoms with Crippen molar-refractivity contribution in [2.45, 2.75) is 44.8 Å². The summed E-state index contributed by atoms with van der Waals surface area (Å²) >= 11 is 0. The second-order valence-corrected chi connectivity index (χ2v) is 8.39. The molecule has 1 unspecified atom stereocenters. The quantitative estimate of drug-likeness (QED) is 0.686. The molecule has 0 radical (unpaired) electrons. The van der Waals surface area contributed by atoms with E-state index in [-0.39, 0.29) is 5.91 Å². The monoisotopic (exact) mass is 404 g/mol. The van der Waals surface area contributed by atoms with Crippen LogP contribution in [0.4, 0.5) is 0 Å². The second kappa shape index (κ2) is 8.44. The fraction of sp³-hybridized carbons (Fsp3) is 0.435. The maximum absolute atomic E-state index is 12.7. The molecule has 156 valence electrons. The second-order valence-electron chi connectivity index (χ2n) is 8.39. The molecule has 0 spiro atoms. The number of amides is 1. The Labute approximate surface area is 176 Å². The number of carbonyl (C=O) groups excluding carboxylic acids is 1. The highest BCUT2D eigenvalue weighted by Crippen LogP contribution is 2.32. The van der Waals surface area contributed by atoms with Gasteiger partial charge in [-0.25, -0.2) is 4.98 Å². The Morgan fingerprint density at radius 1 is 1.20 bits per heavy atom. The lowest BCUT2D eigenvalue weighted by atomic mass is 9.96. The van der Waals surface area contributed by atoms with Crippen LogP contribution in [0.25, 0.3) is 0 Å². The number of rotatable bonds is 6. The number of aromatic nitrogens is 4. The van der Waals surface area contributed by atoms with E-state index in [9.17, 15) is 4.79 Å². The van der Waals surface area contributed by atoms with Gasteiger partial charge in [0.1, 0.15) is 0 Å². The molecule has 1 saturated heterocycles. The van der Waals surface area contributed by atoms with Crippen LogP contribution in [-0.4, -0.2) is 55.1 Å². The van der Waals surface area contributed by atoms with Gasteiger partial charge in [-0.2, -0.15) is 5.10 Å². The molecule has 1 aromatic carbocycles. The Balaban J connectivity index is 1.21. The van der Waals surface area contributed by atoms with E-state index in [0.29, 0.717) is 18.9 Å². The van der Waals surface area contributed by atoms with Gasteiger partial charge < -0.3 is 9.47 Å². The summed E-state index contributed by atoms with van der Waals surface area (Å²) in [5.41, 5.74) is 5.16. The molecule has 1 fully saturated rings. The van der Waals surface area contributed by atoms with Crippen molar-refractivity contribution in [2.24, 2.45) is 0 Å². The van der Waals surface area contributed by atoms with E-state index < -0.39 is 0 Å². The minimum atomic E-state index is 0.223. The fourth-order valence-corrected chi connectivity index (χ4v) is 4.70. The largest absolute Gasteiger partial charge is 0.342 e. The van der Waals surface area contributed by atoms with E-state index in [1.807, 2.05) is 15.7 Å². The van der Waals surface area contributed by atoms with Gasteiger partial charge in [-0.15, -0.1) is 0 Å². The molecule has 0 aliphatic carbocycles. The summed E-state index contributed by atoms with van der Waals surface area (Å²) in [6.45, 7) is 5.23. The topological polar surface area (TPSA) is 70.0 Å². The molecule has 0 saturated carbocycles. The van der Waals surface area contributed by atoms with Crippen LogP contribution in [0.5, 0.6) is 0 Å². The number of benzene rings is 1. The average molecular weight is 405 g/mol. The van der Waals surface area contributed by atoms with Gasteiger partial charge in [0.25, 0.3) is 0 Å². The summed E-state index contributed by atoms with van der Waals surface area (Å²) < 4.78 is 1.96. The van der Waals surface area contributed by atoms with Crippen LogP contribution in [0.2, 0.25) is 0 Å². The van der Waals surface area contributed by atoms with Crippen LogP contribution in [0, 0.1) is 0 Å². The van der Waals surface area contributed by atoms with Crippen molar-refractivity contribution >= 4 is 5.91 Å². The van der Waals surface area contributed by atoms with Crippen LogP contribution in [-0.2, 0) is 30.8 Å². The van der Waals surface area contributed by atoms with E-state index in [2.05, 4.69) is 45.3 Å². The predicted molar refractivity (Wildman–Crippen MR) is 114 cm³/mol. The molecule has 7 nitrogen and oxygen atoms in total. The van der Waals surface area contributed by atoms with Crippen molar-refractivity contribution in [3.8, 4) is 0 Å². The number of hydrogen-bond acceptors (Lipinski definition) is 4. The third kappa shape index (κ3) is 4.03. The van der Waals surface area contributed by atoms with E-state index >= 15 is 0 Å². The third-order valence-electron chi connectivity index (χ3n) is 6.36. The average Bonchev–Trinajstić information content (AvgIpc) is 3.52. The minimum absolute atomic E-state index is 0.223. The number of aryl methyl sites for hydroxylation is 1. The van der Waals surface area contributed by atoms with Gasteiger partial charge in [0.15, 0.2) is 0 Å². The molecule has 2 aliphatic heterocycles. The molecule has 7 heteroatoms. The molecule has 4 heterocycles. The van der Waals surface area contributed by atoms with E-state index in [4.69, 9.17) is 5.10 Å². The first-order valence-electron chi connectivity index (χ1n) is 10.8. The van der Waals surface area contributed by atoms with Crippen molar-refractivity contribution in [3.63, 3.8) is 0 Å². The Kier molecular flexibility index (Phi) is 5.36. The molecule has 2 aromatic heterocycles. The molecular weight excluding hydrogens is 376 g/mol. The maximum atomic E-state index is 12.7. The number of nitrogens with zero attached hydrogens (tertiary/aromatic N) is 5. The molecule has 1 amide bonds. The van der Waals surface area contributed by atoms with Gasteiger partial charge in [0.2, 0.25) is 5.91 Å².